The largest absolute Gasteiger partial charge is 0.328 e. The summed E-state index contributed by atoms with van der Waals surface area (Å²) >= 11 is 0. The van der Waals surface area contributed by atoms with Gasteiger partial charge in [0.1, 0.15) is 6.04 Å². The van der Waals surface area contributed by atoms with Crippen LogP contribution in [0.1, 0.15) is 53.6 Å². The Morgan fingerprint density at radius 1 is 1.14 bits per heavy atom. The van der Waals surface area contributed by atoms with Crippen LogP contribution in [0, 0.1) is 5.92 Å². The molecular formula is C21H26N4O3. The first-order valence-electron chi connectivity index (χ1n) is 10.2. The molecule has 148 valence electrons. The van der Waals surface area contributed by atoms with Crippen molar-refractivity contribution < 1.29 is 14.4 Å². The minimum absolute atomic E-state index is 0.103. The molecule has 1 aromatic rings. The first-order valence-corrected chi connectivity index (χ1v) is 10.2. The number of hydrogen-bond donors (Lipinski definition) is 2. The van der Waals surface area contributed by atoms with E-state index in [4.69, 9.17) is 5.73 Å². The maximum Gasteiger partial charge on any atom is 0.255 e. The number of hydrogen-bond acceptors (Lipinski definition) is 5. The van der Waals surface area contributed by atoms with Crippen LogP contribution in [0.5, 0.6) is 0 Å². The molecule has 2 saturated heterocycles. The molecule has 3 fully saturated rings. The number of benzene rings is 1. The van der Waals surface area contributed by atoms with Crippen LogP contribution in [0.15, 0.2) is 18.2 Å². The third-order valence-electron chi connectivity index (χ3n) is 6.80. The van der Waals surface area contributed by atoms with Crippen molar-refractivity contribution in [1.29, 1.82) is 0 Å². The molecule has 1 aromatic carbocycles. The lowest BCUT2D eigenvalue weighted by Crippen LogP contribution is -2.52. The van der Waals surface area contributed by atoms with Gasteiger partial charge in [-0.2, -0.15) is 0 Å². The van der Waals surface area contributed by atoms with Crippen LogP contribution in [-0.2, 0) is 22.7 Å². The van der Waals surface area contributed by atoms with Gasteiger partial charge >= 0.3 is 0 Å². The second kappa shape index (κ2) is 6.67. The van der Waals surface area contributed by atoms with Crippen molar-refractivity contribution in [3.05, 3.63) is 34.9 Å². The van der Waals surface area contributed by atoms with Crippen LogP contribution in [0.4, 0.5) is 0 Å². The molecule has 0 aromatic heterocycles. The number of piperidine rings is 1. The van der Waals surface area contributed by atoms with E-state index in [0.717, 1.165) is 37.1 Å². The number of imide groups is 1. The molecule has 4 atom stereocenters. The molecule has 4 aliphatic rings. The van der Waals surface area contributed by atoms with Gasteiger partial charge in [0.15, 0.2) is 0 Å². The first-order chi connectivity index (χ1) is 13.5. The lowest BCUT2D eigenvalue weighted by Gasteiger charge is -2.29. The zero-order valence-electron chi connectivity index (χ0n) is 15.9. The van der Waals surface area contributed by atoms with E-state index in [2.05, 4.69) is 16.3 Å². The zero-order valence-corrected chi connectivity index (χ0v) is 15.9. The SMILES string of the molecule is NC1CC2CC(C1)N(Cc1ccc3c(c1)C(=O)N(C1CCC(=O)NC1=O)C3)C2. The number of nitrogens with two attached hydrogens (primary N) is 1. The van der Waals surface area contributed by atoms with Gasteiger partial charge in [-0.25, -0.2) is 0 Å². The molecule has 0 spiro atoms. The van der Waals surface area contributed by atoms with Crippen molar-refractivity contribution in [3.8, 4) is 0 Å². The molecule has 4 unspecified atom stereocenters. The Hall–Kier alpha value is -2.25. The summed E-state index contributed by atoms with van der Waals surface area (Å²) in [6, 6.07) is 6.42. The van der Waals surface area contributed by atoms with E-state index in [1.807, 2.05) is 12.1 Å². The third-order valence-corrected chi connectivity index (χ3v) is 6.80. The van der Waals surface area contributed by atoms with Crippen molar-refractivity contribution in [2.75, 3.05) is 6.54 Å². The van der Waals surface area contributed by atoms with Gasteiger partial charge in [-0.1, -0.05) is 12.1 Å². The monoisotopic (exact) mass is 382 g/mol. The average Bonchev–Trinajstić information content (AvgIpc) is 3.11. The van der Waals surface area contributed by atoms with Gasteiger partial charge in [0.05, 0.1) is 0 Å². The molecule has 3 N–H and O–H groups in total. The van der Waals surface area contributed by atoms with Gasteiger partial charge in [-0.15, -0.1) is 0 Å². The smallest absolute Gasteiger partial charge is 0.255 e. The minimum atomic E-state index is -0.555. The van der Waals surface area contributed by atoms with Crippen LogP contribution in [0.2, 0.25) is 0 Å². The summed E-state index contributed by atoms with van der Waals surface area (Å²) in [6.45, 7) is 2.36. The van der Waals surface area contributed by atoms with Crippen molar-refractivity contribution in [3.63, 3.8) is 0 Å². The van der Waals surface area contributed by atoms with Gasteiger partial charge in [0.25, 0.3) is 5.91 Å². The standard InChI is InChI=1S/C21H26N4O3/c22-15-5-13-6-16(8-15)24(10-13)9-12-1-2-14-11-25(21(28)17(14)7-12)18-3-4-19(26)23-20(18)27/h1-2,7,13,15-16,18H,3-6,8-11,22H2,(H,23,26,27). The third kappa shape index (κ3) is 3.02. The number of carbonyl (C=O) groups excluding carboxylic acids is 3. The Morgan fingerprint density at radius 2 is 2.00 bits per heavy atom. The Balaban J connectivity index is 1.31. The molecule has 28 heavy (non-hydrogen) atoms. The summed E-state index contributed by atoms with van der Waals surface area (Å²) in [6.07, 6.45) is 4.09. The second-order valence-corrected chi connectivity index (χ2v) is 8.81. The predicted molar refractivity (Wildman–Crippen MR) is 102 cm³/mol. The van der Waals surface area contributed by atoms with Crippen LogP contribution in [-0.4, -0.2) is 52.2 Å². The molecule has 0 radical (unpaired) electrons. The summed E-state index contributed by atoms with van der Waals surface area (Å²) in [5.74, 6) is -0.0251. The van der Waals surface area contributed by atoms with E-state index in [1.54, 1.807) is 4.90 Å². The van der Waals surface area contributed by atoms with Gasteiger partial charge in [-0.05, 0) is 48.8 Å². The Bertz CT molecular complexity index is 854. The Kier molecular flexibility index (Phi) is 4.25. The van der Waals surface area contributed by atoms with Crippen molar-refractivity contribution in [1.82, 2.24) is 15.1 Å². The van der Waals surface area contributed by atoms with Crippen molar-refractivity contribution >= 4 is 17.7 Å². The number of nitrogens with zero attached hydrogens (tertiary/aromatic N) is 2. The fourth-order valence-corrected chi connectivity index (χ4v) is 5.51. The highest BCUT2D eigenvalue weighted by Gasteiger charge is 2.40. The molecule has 1 aliphatic carbocycles. The maximum atomic E-state index is 13.0. The highest BCUT2D eigenvalue weighted by Crippen LogP contribution is 2.36. The van der Waals surface area contributed by atoms with E-state index in [1.165, 1.54) is 6.42 Å². The summed E-state index contributed by atoms with van der Waals surface area (Å²) in [5.41, 5.74) is 8.97. The van der Waals surface area contributed by atoms with Crippen LogP contribution in [0.25, 0.3) is 0 Å². The van der Waals surface area contributed by atoms with Crippen LogP contribution >= 0.6 is 0 Å². The first kappa shape index (κ1) is 17.8. The number of carbonyl (C=O) groups is 3. The van der Waals surface area contributed by atoms with Gasteiger partial charge < -0.3 is 10.6 Å². The topological polar surface area (TPSA) is 95.7 Å². The van der Waals surface area contributed by atoms with Crippen molar-refractivity contribution in [2.24, 2.45) is 11.7 Å². The lowest BCUT2D eigenvalue weighted by molar-refractivity contribution is -0.136. The zero-order chi connectivity index (χ0) is 19.4. The molecular weight excluding hydrogens is 356 g/mol. The van der Waals surface area contributed by atoms with E-state index in [9.17, 15) is 14.4 Å². The van der Waals surface area contributed by atoms with E-state index in [-0.39, 0.29) is 24.1 Å². The molecule has 3 aliphatic heterocycles. The highest BCUT2D eigenvalue weighted by molar-refractivity contribution is 6.05. The summed E-state index contributed by atoms with van der Waals surface area (Å²) in [5, 5.41) is 2.35. The minimum Gasteiger partial charge on any atom is -0.328 e. The Morgan fingerprint density at radius 3 is 2.82 bits per heavy atom. The molecule has 1 saturated carbocycles. The second-order valence-electron chi connectivity index (χ2n) is 8.81. The van der Waals surface area contributed by atoms with Crippen LogP contribution < -0.4 is 11.1 Å². The molecule has 3 heterocycles. The summed E-state index contributed by atoms with van der Waals surface area (Å²) < 4.78 is 0. The van der Waals surface area contributed by atoms with Crippen molar-refractivity contribution in [2.45, 2.75) is 63.3 Å². The van der Waals surface area contributed by atoms with E-state index in [0.29, 0.717) is 36.5 Å². The lowest BCUT2D eigenvalue weighted by atomic mass is 9.87. The van der Waals surface area contributed by atoms with E-state index >= 15 is 0 Å². The molecule has 5 rings (SSSR count). The molecule has 3 amide bonds. The van der Waals surface area contributed by atoms with Gasteiger partial charge in [-0.3, -0.25) is 24.6 Å². The summed E-state index contributed by atoms with van der Waals surface area (Å²) in [7, 11) is 0. The number of nitrogens with one attached hydrogen (secondary N) is 1. The van der Waals surface area contributed by atoms with E-state index < -0.39 is 6.04 Å². The van der Waals surface area contributed by atoms with Gasteiger partial charge in [0, 0.05) is 43.7 Å². The highest BCUT2D eigenvalue weighted by atomic mass is 16.2. The Labute approximate surface area is 164 Å². The summed E-state index contributed by atoms with van der Waals surface area (Å²) in [4.78, 5) is 40.7. The maximum absolute atomic E-state index is 13.0. The molecule has 7 heteroatoms. The average molecular weight is 382 g/mol. The number of likely N-dealkylation sites (tertiary alicyclic amines) is 1. The quantitative estimate of drug-likeness (QED) is 0.753. The normalized spacial score (nSPS) is 32.6. The number of amides is 3. The predicted octanol–water partition coefficient (Wildman–Crippen LogP) is 0.759. The van der Waals surface area contributed by atoms with Crippen LogP contribution in [0.3, 0.4) is 0 Å². The molecule has 7 nitrogen and oxygen atoms in total. The number of rotatable bonds is 3. The molecule has 2 bridgehead atoms. The fraction of sp³-hybridized carbons (Fsp3) is 0.571. The fourth-order valence-electron chi connectivity index (χ4n) is 5.51. The van der Waals surface area contributed by atoms with Gasteiger partial charge in [0.2, 0.25) is 11.8 Å². The number of fused-ring (bicyclic) bond motifs is 3.